The first kappa shape index (κ1) is 11.9. The third kappa shape index (κ3) is 1.59. The zero-order chi connectivity index (χ0) is 13.5. The average Bonchev–Trinajstić information content (AvgIpc) is 3.02. The first-order valence-electron chi connectivity index (χ1n) is 6.33. The summed E-state index contributed by atoms with van der Waals surface area (Å²) in [6.45, 7) is 0. The molecule has 0 amide bonds. The Bertz CT molecular complexity index is 655. The summed E-state index contributed by atoms with van der Waals surface area (Å²) in [5.41, 5.74) is 1.93. The Labute approximate surface area is 111 Å². The first-order chi connectivity index (χ1) is 9.19. The Hall–Kier alpha value is -2.12. The molecule has 1 aromatic carbocycles. The van der Waals surface area contributed by atoms with E-state index in [1.807, 2.05) is 31.3 Å². The normalized spacial score (nSPS) is 22.8. The van der Waals surface area contributed by atoms with Crippen LogP contribution in [-0.2, 0) is 18.9 Å². The van der Waals surface area contributed by atoms with E-state index in [4.69, 9.17) is 0 Å². The van der Waals surface area contributed by atoms with E-state index in [1.54, 1.807) is 17.1 Å². The van der Waals surface area contributed by atoms with Crippen molar-refractivity contribution in [2.24, 2.45) is 7.05 Å². The minimum Gasteiger partial charge on any atom is -0.385 e. The number of benzene rings is 1. The Morgan fingerprint density at radius 1 is 1.47 bits per heavy atom. The number of nitriles is 1. The van der Waals surface area contributed by atoms with Crippen LogP contribution in [0.4, 0.5) is 0 Å². The fourth-order valence-corrected chi connectivity index (χ4v) is 2.98. The number of hydrogen-bond acceptors (Lipinski definition) is 3. The molecule has 0 spiro atoms. The topological polar surface area (TPSA) is 61.8 Å². The Morgan fingerprint density at radius 3 is 2.95 bits per heavy atom. The van der Waals surface area contributed by atoms with E-state index >= 15 is 0 Å². The summed E-state index contributed by atoms with van der Waals surface area (Å²) in [5, 5.41) is 20.4. The maximum atomic E-state index is 10.7. The summed E-state index contributed by atoms with van der Waals surface area (Å²) in [6, 6.07) is 10.2. The molecule has 2 unspecified atom stereocenters. The summed E-state index contributed by atoms with van der Waals surface area (Å²) in [7, 11) is 1.83. The SMILES string of the molecule is Cn1cncc1C(O)C1(C#N)CCc2ccccc21. The number of imidazole rings is 1. The highest BCUT2D eigenvalue weighted by atomic mass is 16.3. The van der Waals surface area contributed by atoms with Crippen LogP contribution in [0.2, 0.25) is 0 Å². The van der Waals surface area contributed by atoms with Gasteiger partial charge in [0.1, 0.15) is 11.5 Å². The smallest absolute Gasteiger partial charge is 0.118 e. The van der Waals surface area contributed by atoms with E-state index in [-0.39, 0.29) is 0 Å². The van der Waals surface area contributed by atoms with Gasteiger partial charge in [-0.25, -0.2) is 4.98 Å². The highest BCUT2D eigenvalue weighted by Crippen LogP contribution is 2.46. The number of nitrogens with zero attached hydrogens (tertiary/aromatic N) is 3. The second-order valence-corrected chi connectivity index (χ2v) is 5.07. The van der Waals surface area contributed by atoms with Gasteiger partial charge in [-0.2, -0.15) is 5.26 Å². The molecule has 4 heteroatoms. The van der Waals surface area contributed by atoms with Crippen LogP contribution >= 0.6 is 0 Å². The summed E-state index contributed by atoms with van der Waals surface area (Å²) >= 11 is 0. The van der Waals surface area contributed by atoms with Gasteiger partial charge < -0.3 is 9.67 Å². The Morgan fingerprint density at radius 2 is 2.26 bits per heavy atom. The van der Waals surface area contributed by atoms with E-state index in [2.05, 4.69) is 11.1 Å². The molecule has 0 radical (unpaired) electrons. The molecule has 2 aromatic rings. The highest BCUT2D eigenvalue weighted by Gasteiger charge is 2.46. The van der Waals surface area contributed by atoms with E-state index in [9.17, 15) is 10.4 Å². The van der Waals surface area contributed by atoms with Gasteiger partial charge in [0.25, 0.3) is 0 Å². The van der Waals surface area contributed by atoms with Crippen molar-refractivity contribution < 1.29 is 5.11 Å². The zero-order valence-electron chi connectivity index (χ0n) is 10.7. The van der Waals surface area contributed by atoms with Crippen molar-refractivity contribution in [3.05, 3.63) is 53.6 Å². The van der Waals surface area contributed by atoms with Gasteiger partial charge in [0, 0.05) is 7.05 Å². The molecule has 3 rings (SSSR count). The molecule has 0 fully saturated rings. The van der Waals surface area contributed by atoms with Crippen LogP contribution < -0.4 is 0 Å². The van der Waals surface area contributed by atoms with Gasteiger partial charge in [-0.1, -0.05) is 24.3 Å². The van der Waals surface area contributed by atoms with Crippen molar-refractivity contribution in [1.29, 1.82) is 5.26 Å². The van der Waals surface area contributed by atoms with Gasteiger partial charge in [-0.15, -0.1) is 0 Å². The van der Waals surface area contributed by atoms with Crippen molar-refractivity contribution in [3.63, 3.8) is 0 Å². The minimum absolute atomic E-state index is 0.648. The lowest BCUT2D eigenvalue weighted by atomic mass is 9.77. The van der Waals surface area contributed by atoms with Crippen LogP contribution in [0.15, 0.2) is 36.8 Å². The molecule has 0 saturated carbocycles. The molecule has 0 aliphatic heterocycles. The number of hydrogen-bond donors (Lipinski definition) is 1. The quantitative estimate of drug-likeness (QED) is 0.888. The van der Waals surface area contributed by atoms with E-state index in [0.717, 1.165) is 17.5 Å². The number of rotatable bonds is 2. The van der Waals surface area contributed by atoms with Gasteiger partial charge in [-0.05, 0) is 24.0 Å². The maximum absolute atomic E-state index is 10.7. The van der Waals surface area contributed by atoms with Crippen molar-refractivity contribution in [3.8, 4) is 6.07 Å². The van der Waals surface area contributed by atoms with Crippen LogP contribution in [0.5, 0.6) is 0 Å². The lowest BCUT2D eigenvalue weighted by molar-refractivity contribution is 0.104. The number of aromatic nitrogens is 2. The Balaban J connectivity index is 2.12. The molecule has 1 heterocycles. The minimum atomic E-state index is -0.857. The van der Waals surface area contributed by atoms with Crippen molar-refractivity contribution >= 4 is 0 Å². The maximum Gasteiger partial charge on any atom is 0.118 e. The third-order valence-corrected chi connectivity index (χ3v) is 4.09. The number of aliphatic hydroxyl groups excluding tert-OH is 1. The lowest BCUT2D eigenvalue weighted by Gasteiger charge is -2.28. The predicted octanol–water partition coefficient (Wildman–Crippen LogP) is 1.86. The van der Waals surface area contributed by atoms with Gasteiger partial charge in [0.15, 0.2) is 0 Å². The fraction of sp³-hybridized carbons (Fsp3) is 0.333. The van der Waals surface area contributed by atoms with Crippen LogP contribution in [-0.4, -0.2) is 14.7 Å². The van der Waals surface area contributed by atoms with Crippen LogP contribution in [0.3, 0.4) is 0 Å². The van der Waals surface area contributed by atoms with Crippen LogP contribution in [0.25, 0.3) is 0 Å². The summed E-state index contributed by atoms with van der Waals surface area (Å²) in [6.07, 6.45) is 3.90. The summed E-state index contributed by atoms with van der Waals surface area (Å²) in [5.74, 6) is 0. The first-order valence-corrected chi connectivity index (χ1v) is 6.33. The van der Waals surface area contributed by atoms with Crippen molar-refractivity contribution in [1.82, 2.24) is 9.55 Å². The predicted molar refractivity (Wildman–Crippen MR) is 70.2 cm³/mol. The van der Waals surface area contributed by atoms with E-state index in [0.29, 0.717) is 12.1 Å². The van der Waals surface area contributed by atoms with Crippen LogP contribution in [0.1, 0.15) is 29.3 Å². The van der Waals surface area contributed by atoms with E-state index in [1.165, 1.54) is 0 Å². The number of aliphatic hydroxyl groups is 1. The lowest BCUT2D eigenvalue weighted by Crippen LogP contribution is -2.31. The zero-order valence-corrected chi connectivity index (χ0v) is 10.7. The van der Waals surface area contributed by atoms with Gasteiger partial charge in [0.2, 0.25) is 0 Å². The van der Waals surface area contributed by atoms with E-state index < -0.39 is 11.5 Å². The third-order valence-electron chi connectivity index (χ3n) is 4.09. The molecule has 1 N–H and O–H groups in total. The molecule has 1 aliphatic rings. The monoisotopic (exact) mass is 253 g/mol. The molecule has 0 bridgehead atoms. The second-order valence-electron chi connectivity index (χ2n) is 5.07. The molecule has 2 atom stereocenters. The number of aryl methyl sites for hydroxylation is 2. The van der Waals surface area contributed by atoms with Gasteiger partial charge in [0.05, 0.1) is 24.3 Å². The summed E-state index contributed by atoms with van der Waals surface area (Å²) in [4.78, 5) is 4.03. The van der Waals surface area contributed by atoms with Gasteiger partial charge in [-0.3, -0.25) is 0 Å². The average molecular weight is 253 g/mol. The molecule has 19 heavy (non-hydrogen) atoms. The summed E-state index contributed by atoms with van der Waals surface area (Å²) < 4.78 is 1.77. The highest BCUT2D eigenvalue weighted by molar-refractivity contribution is 5.46. The molecular formula is C15H15N3O. The van der Waals surface area contributed by atoms with Crippen molar-refractivity contribution in [2.45, 2.75) is 24.4 Å². The fourth-order valence-electron chi connectivity index (χ4n) is 2.98. The molecule has 4 nitrogen and oxygen atoms in total. The number of fused-ring (bicyclic) bond motifs is 1. The standard InChI is InChI=1S/C15H15N3O/c1-18-10-17-8-13(18)14(19)15(9-16)7-6-11-4-2-3-5-12(11)15/h2-5,8,10,14,19H,6-7H2,1H3. The Kier molecular flexibility index (Phi) is 2.65. The largest absolute Gasteiger partial charge is 0.385 e. The molecule has 96 valence electrons. The molecule has 0 saturated heterocycles. The molecule has 1 aromatic heterocycles. The molecule has 1 aliphatic carbocycles. The molecular weight excluding hydrogens is 238 g/mol. The van der Waals surface area contributed by atoms with Crippen molar-refractivity contribution in [2.75, 3.05) is 0 Å². The van der Waals surface area contributed by atoms with Crippen LogP contribution in [0, 0.1) is 11.3 Å². The second kappa shape index (κ2) is 4.22. The van der Waals surface area contributed by atoms with Gasteiger partial charge >= 0.3 is 0 Å².